The van der Waals surface area contributed by atoms with Crippen molar-refractivity contribution in [3.8, 4) is 0 Å². The lowest BCUT2D eigenvalue weighted by Gasteiger charge is -2.62. The van der Waals surface area contributed by atoms with Crippen LogP contribution < -0.4 is 11.6 Å². The van der Waals surface area contributed by atoms with Gasteiger partial charge in [0.1, 0.15) is 5.84 Å². The van der Waals surface area contributed by atoms with E-state index in [1.807, 2.05) is 0 Å². The predicted molar refractivity (Wildman–Crippen MR) is 120 cm³/mol. The first-order valence-electron chi connectivity index (χ1n) is 12.1. The zero-order chi connectivity index (χ0) is 21.0. The zero-order valence-corrected chi connectivity index (χ0v) is 19.1. The molecule has 4 saturated carbocycles. The maximum absolute atomic E-state index is 10.4. The molecule has 0 aromatic rings. The van der Waals surface area contributed by atoms with Crippen molar-refractivity contribution in [2.75, 3.05) is 0 Å². The number of rotatable bonds is 3. The fraction of sp³-hybridized carbons (Fsp3) is 0.880. The first kappa shape index (κ1) is 21.2. The molecule has 0 amide bonds. The number of hydrogen-bond donors (Lipinski definition) is 3. The largest absolute Gasteiger partial charge is 0.393 e. The summed E-state index contributed by atoms with van der Waals surface area (Å²) in [7, 11) is 0. The minimum absolute atomic E-state index is 0.0640. The Bertz CT molecular complexity index is 700. The van der Waals surface area contributed by atoms with Crippen molar-refractivity contribution in [3.05, 3.63) is 11.1 Å². The van der Waals surface area contributed by atoms with Gasteiger partial charge in [0.05, 0.1) is 6.10 Å². The molecule has 4 nitrogen and oxygen atoms in total. The molecule has 4 rings (SSSR count). The third kappa shape index (κ3) is 3.25. The highest BCUT2D eigenvalue weighted by Crippen LogP contribution is 2.69. The molecule has 5 N–H and O–H groups in total. The lowest BCUT2D eigenvalue weighted by Crippen LogP contribution is -2.56. The van der Waals surface area contributed by atoms with Crippen LogP contribution in [-0.4, -0.2) is 17.0 Å². The molecule has 0 radical (unpaired) electrons. The summed E-state index contributed by atoms with van der Waals surface area (Å²) in [6.07, 6.45) is 11.8. The van der Waals surface area contributed by atoms with Crippen molar-refractivity contribution in [1.82, 2.24) is 0 Å². The van der Waals surface area contributed by atoms with Gasteiger partial charge in [0.15, 0.2) is 0 Å². The summed E-state index contributed by atoms with van der Waals surface area (Å²) in [5.74, 6) is 9.97. The van der Waals surface area contributed by atoms with Gasteiger partial charge in [-0.2, -0.15) is 5.10 Å². The van der Waals surface area contributed by atoms with Crippen LogP contribution in [0, 0.1) is 40.4 Å². The van der Waals surface area contributed by atoms with Gasteiger partial charge in [-0.1, -0.05) is 38.3 Å². The number of aliphatic hydroxyl groups is 1. The number of nitrogens with zero attached hydrogens (tertiary/aromatic N) is 1. The predicted octanol–water partition coefficient (Wildman–Crippen LogP) is 4.96. The Morgan fingerprint density at radius 1 is 1.10 bits per heavy atom. The second kappa shape index (κ2) is 7.59. The number of aliphatic hydroxyl groups excluding tert-OH is 1. The molecule has 0 aliphatic heterocycles. The highest BCUT2D eigenvalue weighted by atomic mass is 16.3. The zero-order valence-electron chi connectivity index (χ0n) is 19.1. The minimum atomic E-state index is -0.0640. The van der Waals surface area contributed by atoms with E-state index < -0.39 is 0 Å². The molecule has 4 aliphatic carbocycles. The van der Waals surface area contributed by atoms with Crippen LogP contribution in [0.15, 0.2) is 16.2 Å². The Balaban J connectivity index is 1.65. The van der Waals surface area contributed by atoms with Crippen LogP contribution >= 0.6 is 0 Å². The Kier molecular flexibility index (Phi) is 5.55. The van der Waals surface area contributed by atoms with Gasteiger partial charge >= 0.3 is 0 Å². The van der Waals surface area contributed by atoms with E-state index in [0.717, 1.165) is 48.9 Å². The second-order valence-electron chi connectivity index (χ2n) is 11.4. The summed E-state index contributed by atoms with van der Waals surface area (Å²) in [6, 6.07) is 0. The first-order valence-corrected chi connectivity index (χ1v) is 12.1. The quantitative estimate of drug-likeness (QED) is 0.205. The van der Waals surface area contributed by atoms with E-state index in [9.17, 15) is 5.11 Å². The van der Waals surface area contributed by atoms with Crippen LogP contribution in [-0.2, 0) is 0 Å². The van der Waals surface area contributed by atoms with Crippen LogP contribution in [0.1, 0.15) is 91.9 Å². The van der Waals surface area contributed by atoms with Gasteiger partial charge in [-0.15, -0.1) is 0 Å². The standard InChI is InChI=1S/C25H43N3O/c1-5-16-13-18-20-7-6-19(15(2)12-23(26)28-27)24(20,3)11-9-21(18)25(4)10-8-17(29)14-22(16)25/h16-18,20-22,29H,5-14,27H2,1-4H3,(H2,26,28)/b19-15+/t16-,17+,18-,20?,21-,22-,24+,25?/m0/s1. The van der Waals surface area contributed by atoms with E-state index in [0.29, 0.717) is 16.7 Å². The molecule has 4 aliphatic rings. The summed E-state index contributed by atoms with van der Waals surface area (Å²) in [5, 5.41) is 14.1. The van der Waals surface area contributed by atoms with Crippen LogP contribution in [0.2, 0.25) is 0 Å². The number of hydrazone groups is 1. The Morgan fingerprint density at radius 3 is 2.55 bits per heavy atom. The fourth-order valence-corrected chi connectivity index (χ4v) is 8.87. The van der Waals surface area contributed by atoms with E-state index in [2.05, 4.69) is 32.8 Å². The molecule has 0 saturated heterocycles. The van der Waals surface area contributed by atoms with Crippen molar-refractivity contribution in [3.63, 3.8) is 0 Å². The average molecular weight is 402 g/mol. The summed E-state index contributed by atoms with van der Waals surface area (Å²) < 4.78 is 0. The Labute approximate surface area is 177 Å². The normalized spacial score (nSPS) is 49.2. The maximum atomic E-state index is 10.4. The van der Waals surface area contributed by atoms with Crippen molar-refractivity contribution in [1.29, 1.82) is 0 Å². The van der Waals surface area contributed by atoms with Crippen molar-refractivity contribution in [2.45, 2.75) is 98.0 Å². The number of hydrogen-bond acceptors (Lipinski definition) is 3. The summed E-state index contributed by atoms with van der Waals surface area (Å²) in [4.78, 5) is 0. The maximum Gasteiger partial charge on any atom is 0.123 e. The molecule has 29 heavy (non-hydrogen) atoms. The SMILES string of the molecule is CC[C@H]1C[C@H]2C3CC/C(=C(/C)C/C(N)=N/N)[C@@]3(C)CC[C@@H]2C2(C)CC[C@@H](O)C[C@@H]12. The van der Waals surface area contributed by atoms with Gasteiger partial charge < -0.3 is 16.7 Å². The fourth-order valence-electron chi connectivity index (χ4n) is 8.87. The van der Waals surface area contributed by atoms with Gasteiger partial charge in [0.25, 0.3) is 0 Å². The molecule has 4 heteroatoms. The van der Waals surface area contributed by atoms with E-state index in [1.165, 1.54) is 50.5 Å². The van der Waals surface area contributed by atoms with Gasteiger partial charge in [-0.3, -0.25) is 0 Å². The van der Waals surface area contributed by atoms with E-state index in [4.69, 9.17) is 11.6 Å². The molecule has 0 aromatic carbocycles. The van der Waals surface area contributed by atoms with E-state index >= 15 is 0 Å². The number of amidine groups is 1. The molecule has 0 spiro atoms. The first-order chi connectivity index (χ1) is 13.7. The van der Waals surface area contributed by atoms with Crippen molar-refractivity contribution >= 4 is 5.84 Å². The molecule has 0 bridgehead atoms. The summed E-state index contributed by atoms with van der Waals surface area (Å²) in [5.41, 5.74) is 9.80. The van der Waals surface area contributed by atoms with Crippen molar-refractivity contribution < 1.29 is 5.11 Å². The van der Waals surface area contributed by atoms with Crippen LogP contribution in [0.3, 0.4) is 0 Å². The summed E-state index contributed by atoms with van der Waals surface area (Å²) >= 11 is 0. The van der Waals surface area contributed by atoms with Crippen LogP contribution in [0.4, 0.5) is 0 Å². The highest BCUT2D eigenvalue weighted by Gasteiger charge is 2.60. The van der Waals surface area contributed by atoms with Gasteiger partial charge in [-0.05, 0) is 98.7 Å². The highest BCUT2D eigenvalue weighted by molar-refractivity contribution is 5.82. The van der Waals surface area contributed by atoms with Crippen LogP contribution in [0.25, 0.3) is 0 Å². The smallest absolute Gasteiger partial charge is 0.123 e. The Morgan fingerprint density at radius 2 is 1.86 bits per heavy atom. The number of nitrogens with two attached hydrogens (primary N) is 2. The van der Waals surface area contributed by atoms with E-state index in [-0.39, 0.29) is 6.10 Å². The average Bonchev–Trinajstić information content (AvgIpc) is 3.05. The topological polar surface area (TPSA) is 84.6 Å². The monoisotopic (exact) mass is 401 g/mol. The van der Waals surface area contributed by atoms with Gasteiger partial charge in [0, 0.05) is 6.42 Å². The number of fused-ring (bicyclic) bond motifs is 5. The minimum Gasteiger partial charge on any atom is -0.393 e. The summed E-state index contributed by atoms with van der Waals surface area (Å²) in [6.45, 7) is 9.78. The number of allylic oxidation sites excluding steroid dienone is 1. The van der Waals surface area contributed by atoms with Crippen LogP contribution in [0.5, 0.6) is 0 Å². The van der Waals surface area contributed by atoms with E-state index in [1.54, 1.807) is 5.57 Å². The molecule has 2 unspecified atom stereocenters. The third-order valence-corrected chi connectivity index (χ3v) is 10.3. The molecular weight excluding hydrogens is 358 g/mol. The van der Waals surface area contributed by atoms with Crippen molar-refractivity contribution in [2.24, 2.45) is 57.1 Å². The lowest BCUT2D eigenvalue weighted by atomic mass is 9.42. The van der Waals surface area contributed by atoms with Gasteiger partial charge in [0.2, 0.25) is 0 Å². The Hall–Kier alpha value is -1.03. The second-order valence-corrected chi connectivity index (χ2v) is 11.4. The third-order valence-electron chi connectivity index (χ3n) is 10.3. The molecule has 8 atom stereocenters. The molecule has 0 heterocycles. The van der Waals surface area contributed by atoms with Gasteiger partial charge in [-0.25, -0.2) is 0 Å². The lowest BCUT2D eigenvalue weighted by molar-refractivity contribution is -0.142. The molecule has 0 aromatic heterocycles. The molecule has 164 valence electrons. The molecule has 4 fully saturated rings. The molecular formula is C25H43N3O.